The SMILES string of the molecule is CCCn1c(=O)[nH]c(=O)c2cc(C(=O)NCc3ccnc(N4CCCC4)c3)cnc21. The summed E-state index contributed by atoms with van der Waals surface area (Å²) in [6.07, 6.45) is 6.20. The average molecular weight is 408 g/mol. The van der Waals surface area contributed by atoms with Crippen LogP contribution in [0.1, 0.15) is 42.1 Å². The molecule has 0 radical (unpaired) electrons. The molecule has 1 fully saturated rings. The summed E-state index contributed by atoms with van der Waals surface area (Å²) in [4.78, 5) is 50.1. The van der Waals surface area contributed by atoms with Gasteiger partial charge in [-0.3, -0.25) is 19.1 Å². The third-order valence-electron chi connectivity index (χ3n) is 5.24. The van der Waals surface area contributed by atoms with Gasteiger partial charge in [0.15, 0.2) is 0 Å². The molecule has 3 aromatic rings. The van der Waals surface area contributed by atoms with Gasteiger partial charge >= 0.3 is 5.69 Å². The molecule has 1 amide bonds. The van der Waals surface area contributed by atoms with Gasteiger partial charge in [0.2, 0.25) is 0 Å². The first-order valence-electron chi connectivity index (χ1n) is 10.2. The van der Waals surface area contributed by atoms with Gasteiger partial charge in [-0.1, -0.05) is 6.92 Å². The predicted molar refractivity (Wildman–Crippen MR) is 114 cm³/mol. The maximum Gasteiger partial charge on any atom is 0.329 e. The van der Waals surface area contributed by atoms with E-state index in [1.54, 1.807) is 6.20 Å². The number of aromatic amines is 1. The number of nitrogens with one attached hydrogen (secondary N) is 2. The Morgan fingerprint density at radius 3 is 2.77 bits per heavy atom. The summed E-state index contributed by atoms with van der Waals surface area (Å²) < 4.78 is 1.41. The first kappa shape index (κ1) is 19.8. The number of carbonyl (C=O) groups is 1. The van der Waals surface area contributed by atoms with Gasteiger partial charge < -0.3 is 10.2 Å². The van der Waals surface area contributed by atoms with Crippen LogP contribution in [0.25, 0.3) is 11.0 Å². The molecular formula is C21H24N6O3. The van der Waals surface area contributed by atoms with Gasteiger partial charge in [0.25, 0.3) is 11.5 Å². The van der Waals surface area contributed by atoms with Crippen molar-refractivity contribution in [2.75, 3.05) is 18.0 Å². The number of fused-ring (bicyclic) bond motifs is 1. The number of aryl methyl sites for hydroxylation is 1. The van der Waals surface area contributed by atoms with Crippen LogP contribution >= 0.6 is 0 Å². The van der Waals surface area contributed by atoms with E-state index in [9.17, 15) is 14.4 Å². The second kappa shape index (κ2) is 8.48. The molecule has 1 aliphatic heterocycles. The number of pyridine rings is 2. The van der Waals surface area contributed by atoms with Crippen LogP contribution in [-0.4, -0.2) is 38.5 Å². The Morgan fingerprint density at radius 1 is 1.20 bits per heavy atom. The van der Waals surface area contributed by atoms with Gasteiger partial charge in [-0.05, 0) is 43.0 Å². The molecule has 0 saturated carbocycles. The van der Waals surface area contributed by atoms with E-state index in [2.05, 4.69) is 25.2 Å². The lowest BCUT2D eigenvalue weighted by molar-refractivity contribution is 0.0950. The van der Waals surface area contributed by atoms with Crippen molar-refractivity contribution in [2.24, 2.45) is 0 Å². The van der Waals surface area contributed by atoms with Gasteiger partial charge in [0.1, 0.15) is 11.5 Å². The number of nitrogens with zero attached hydrogens (tertiary/aromatic N) is 4. The van der Waals surface area contributed by atoms with Gasteiger partial charge in [-0.2, -0.15) is 0 Å². The van der Waals surface area contributed by atoms with Crippen molar-refractivity contribution in [3.05, 3.63) is 62.6 Å². The van der Waals surface area contributed by atoms with Crippen molar-refractivity contribution < 1.29 is 4.79 Å². The fourth-order valence-corrected chi connectivity index (χ4v) is 3.70. The highest BCUT2D eigenvalue weighted by molar-refractivity contribution is 5.96. The molecule has 0 aliphatic carbocycles. The Balaban J connectivity index is 1.53. The van der Waals surface area contributed by atoms with E-state index < -0.39 is 11.2 Å². The molecule has 0 atom stereocenters. The molecule has 2 N–H and O–H groups in total. The highest BCUT2D eigenvalue weighted by atomic mass is 16.2. The number of hydrogen-bond donors (Lipinski definition) is 2. The Hall–Kier alpha value is -3.49. The standard InChI is InChI=1S/C21H24N6O3/c1-2-7-27-18-16(20(29)25-21(27)30)11-15(13-23-18)19(28)24-12-14-5-6-22-17(10-14)26-8-3-4-9-26/h5-6,10-11,13H,2-4,7-9,12H2,1H3,(H,24,28)(H,25,29,30). The number of amides is 1. The molecule has 0 spiro atoms. The average Bonchev–Trinajstić information content (AvgIpc) is 3.30. The van der Waals surface area contributed by atoms with Crippen LogP contribution in [0.5, 0.6) is 0 Å². The van der Waals surface area contributed by atoms with Gasteiger partial charge in [0, 0.05) is 38.6 Å². The molecule has 0 bridgehead atoms. The molecule has 1 saturated heterocycles. The van der Waals surface area contributed by atoms with Gasteiger partial charge in [-0.25, -0.2) is 14.8 Å². The smallest absolute Gasteiger partial charge is 0.329 e. The van der Waals surface area contributed by atoms with Crippen molar-refractivity contribution in [1.29, 1.82) is 0 Å². The van der Waals surface area contributed by atoms with Crippen molar-refractivity contribution in [3.63, 3.8) is 0 Å². The van der Waals surface area contributed by atoms with E-state index in [4.69, 9.17) is 0 Å². The van der Waals surface area contributed by atoms with Gasteiger partial charge in [-0.15, -0.1) is 0 Å². The molecule has 0 aromatic carbocycles. The topological polar surface area (TPSA) is 113 Å². The summed E-state index contributed by atoms with van der Waals surface area (Å²) >= 11 is 0. The molecular weight excluding hydrogens is 384 g/mol. The summed E-state index contributed by atoms with van der Waals surface area (Å²) in [5.41, 5.74) is 0.457. The second-order valence-electron chi connectivity index (χ2n) is 7.41. The van der Waals surface area contributed by atoms with E-state index in [-0.39, 0.29) is 22.5 Å². The molecule has 0 unspecified atom stereocenters. The minimum Gasteiger partial charge on any atom is -0.357 e. The zero-order chi connectivity index (χ0) is 21.1. The first-order chi connectivity index (χ1) is 14.6. The Labute approximate surface area is 172 Å². The minimum absolute atomic E-state index is 0.218. The lowest BCUT2D eigenvalue weighted by atomic mass is 10.2. The predicted octanol–water partition coefficient (Wildman–Crippen LogP) is 1.42. The fourth-order valence-electron chi connectivity index (χ4n) is 3.70. The van der Waals surface area contributed by atoms with E-state index in [1.165, 1.54) is 29.7 Å². The van der Waals surface area contributed by atoms with Crippen LogP contribution in [0.15, 0.2) is 40.2 Å². The van der Waals surface area contributed by atoms with Crippen molar-refractivity contribution >= 4 is 22.8 Å². The number of aromatic nitrogens is 4. The zero-order valence-electron chi connectivity index (χ0n) is 16.9. The first-order valence-corrected chi connectivity index (χ1v) is 10.2. The molecule has 30 heavy (non-hydrogen) atoms. The Bertz CT molecular complexity index is 1190. The van der Waals surface area contributed by atoms with E-state index in [0.29, 0.717) is 13.1 Å². The largest absolute Gasteiger partial charge is 0.357 e. The van der Waals surface area contributed by atoms with Crippen LogP contribution in [-0.2, 0) is 13.1 Å². The monoisotopic (exact) mass is 408 g/mol. The summed E-state index contributed by atoms with van der Waals surface area (Å²) in [6.45, 7) is 4.71. The molecule has 4 heterocycles. The second-order valence-corrected chi connectivity index (χ2v) is 7.41. The summed E-state index contributed by atoms with van der Waals surface area (Å²) in [7, 11) is 0. The summed E-state index contributed by atoms with van der Waals surface area (Å²) in [5.74, 6) is 0.587. The quantitative estimate of drug-likeness (QED) is 0.638. The molecule has 4 rings (SSSR count). The number of rotatable bonds is 6. The summed E-state index contributed by atoms with van der Waals surface area (Å²) in [5, 5.41) is 3.08. The molecule has 156 valence electrons. The van der Waals surface area contributed by atoms with Crippen molar-refractivity contribution in [3.8, 4) is 0 Å². The number of H-pyrrole nitrogens is 1. The van der Waals surface area contributed by atoms with Crippen LogP contribution in [0.2, 0.25) is 0 Å². The summed E-state index contributed by atoms with van der Waals surface area (Å²) in [6, 6.07) is 5.33. The number of hydrogen-bond acceptors (Lipinski definition) is 6. The molecule has 9 heteroatoms. The van der Waals surface area contributed by atoms with Crippen LogP contribution in [0, 0.1) is 0 Å². The third-order valence-corrected chi connectivity index (χ3v) is 5.24. The maximum atomic E-state index is 12.6. The number of carbonyl (C=O) groups excluding carboxylic acids is 1. The number of anilines is 1. The Kier molecular flexibility index (Phi) is 5.60. The van der Waals surface area contributed by atoms with Gasteiger partial charge in [0.05, 0.1) is 10.9 Å². The van der Waals surface area contributed by atoms with E-state index >= 15 is 0 Å². The Morgan fingerprint density at radius 2 is 2.00 bits per heavy atom. The van der Waals surface area contributed by atoms with Crippen molar-refractivity contribution in [1.82, 2.24) is 24.8 Å². The maximum absolute atomic E-state index is 12.6. The molecule has 3 aromatic heterocycles. The van der Waals surface area contributed by atoms with Crippen LogP contribution in [0.4, 0.5) is 5.82 Å². The lowest BCUT2D eigenvalue weighted by Crippen LogP contribution is -2.31. The van der Waals surface area contributed by atoms with Crippen LogP contribution < -0.4 is 21.5 Å². The third kappa shape index (κ3) is 3.96. The van der Waals surface area contributed by atoms with Crippen molar-refractivity contribution in [2.45, 2.75) is 39.3 Å². The molecule has 9 nitrogen and oxygen atoms in total. The van der Waals surface area contributed by atoms with E-state index in [1.807, 2.05) is 19.1 Å². The fraction of sp³-hybridized carbons (Fsp3) is 0.381. The normalized spacial score (nSPS) is 13.7. The highest BCUT2D eigenvalue weighted by Gasteiger charge is 2.15. The lowest BCUT2D eigenvalue weighted by Gasteiger charge is -2.17. The molecule has 1 aliphatic rings. The minimum atomic E-state index is -0.547. The van der Waals surface area contributed by atoms with Crippen LogP contribution in [0.3, 0.4) is 0 Å². The van der Waals surface area contributed by atoms with E-state index in [0.717, 1.165) is 30.9 Å². The zero-order valence-corrected chi connectivity index (χ0v) is 16.9. The highest BCUT2D eigenvalue weighted by Crippen LogP contribution is 2.18.